The van der Waals surface area contributed by atoms with Crippen LogP contribution in [0.5, 0.6) is 0 Å². The Morgan fingerprint density at radius 2 is 2.44 bits per heavy atom. The zero-order chi connectivity index (χ0) is 11.4. The largest absolute Gasteiger partial charge is 0.338 e. The summed E-state index contributed by atoms with van der Waals surface area (Å²) in [6.07, 6.45) is 5.09. The number of carbonyl (C=O) groups excluding carboxylic acids is 1. The fourth-order valence-electron chi connectivity index (χ4n) is 2.01. The molecule has 86 valence electrons. The van der Waals surface area contributed by atoms with Crippen molar-refractivity contribution in [3.05, 3.63) is 24.0 Å². The molecule has 2 rings (SSSR count). The lowest BCUT2D eigenvalue weighted by Gasteiger charge is -2.15. The van der Waals surface area contributed by atoms with Crippen molar-refractivity contribution in [2.45, 2.75) is 12.8 Å². The second kappa shape index (κ2) is 5.25. The Labute approximate surface area is 99.6 Å². The Balaban J connectivity index is 1.97. The van der Waals surface area contributed by atoms with Crippen molar-refractivity contribution < 1.29 is 4.79 Å². The van der Waals surface area contributed by atoms with Gasteiger partial charge in [-0.3, -0.25) is 4.79 Å². The highest BCUT2D eigenvalue weighted by atomic mass is 35.5. The molecule has 0 bridgehead atoms. The summed E-state index contributed by atoms with van der Waals surface area (Å²) < 4.78 is 0. The molecule has 1 aliphatic rings. The van der Waals surface area contributed by atoms with Crippen LogP contribution in [0.1, 0.15) is 23.2 Å². The van der Waals surface area contributed by atoms with Crippen LogP contribution in [0.25, 0.3) is 0 Å². The number of rotatable bonds is 3. The van der Waals surface area contributed by atoms with Gasteiger partial charge in [0.05, 0.1) is 18.0 Å². The molecule has 2 heterocycles. The van der Waals surface area contributed by atoms with Crippen molar-refractivity contribution in [2.75, 3.05) is 19.0 Å². The Bertz CT molecular complexity index is 358. The Kier molecular flexibility index (Phi) is 3.72. The monoisotopic (exact) mass is 239 g/mol. The van der Waals surface area contributed by atoms with Gasteiger partial charge in [0, 0.05) is 19.0 Å². The molecule has 1 unspecified atom stereocenters. The van der Waals surface area contributed by atoms with Crippen LogP contribution in [0.4, 0.5) is 0 Å². The van der Waals surface area contributed by atoms with Gasteiger partial charge in [0.1, 0.15) is 0 Å². The lowest BCUT2D eigenvalue weighted by atomic mass is 10.1. The molecule has 1 aliphatic heterocycles. The van der Waals surface area contributed by atoms with Crippen molar-refractivity contribution in [3.8, 4) is 0 Å². The van der Waals surface area contributed by atoms with Gasteiger partial charge in [0.2, 0.25) is 0 Å². The molecule has 1 aromatic rings. The van der Waals surface area contributed by atoms with E-state index in [-0.39, 0.29) is 5.91 Å². The van der Waals surface area contributed by atoms with Gasteiger partial charge in [-0.05, 0) is 24.8 Å². The highest BCUT2D eigenvalue weighted by Crippen LogP contribution is 2.21. The van der Waals surface area contributed by atoms with Gasteiger partial charge >= 0.3 is 0 Å². The number of amides is 1. The van der Waals surface area contributed by atoms with Crippen molar-refractivity contribution >= 4 is 17.5 Å². The average molecular weight is 240 g/mol. The first kappa shape index (κ1) is 11.3. The van der Waals surface area contributed by atoms with E-state index in [0.717, 1.165) is 25.9 Å². The lowest BCUT2D eigenvalue weighted by molar-refractivity contribution is 0.0786. The second-order valence-corrected chi connectivity index (χ2v) is 4.39. The summed E-state index contributed by atoms with van der Waals surface area (Å²) in [7, 11) is 0. The Morgan fingerprint density at radius 1 is 1.56 bits per heavy atom. The molecule has 0 spiro atoms. The van der Waals surface area contributed by atoms with Gasteiger partial charge in [-0.1, -0.05) is 0 Å². The smallest absolute Gasteiger partial charge is 0.255 e. The van der Waals surface area contributed by atoms with E-state index >= 15 is 0 Å². The molecule has 1 aromatic heterocycles. The van der Waals surface area contributed by atoms with Crippen LogP contribution in [-0.4, -0.2) is 40.0 Å². The molecule has 16 heavy (non-hydrogen) atoms. The average Bonchev–Trinajstić information content (AvgIpc) is 2.78. The van der Waals surface area contributed by atoms with Crippen molar-refractivity contribution in [1.29, 1.82) is 0 Å². The minimum Gasteiger partial charge on any atom is -0.338 e. The Morgan fingerprint density at radius 3 is 3.12 bits per heavy atom. The molecule has 1 fully saturated rings. The third-order valence-corrected chi connectivity index (χ3v) is 3.14. The summed E-state index contributed by atoms with van der Waals surface area (Å²) >= 11 is 5.70. The third kappa shape index (κ3) is 2.50. The molecule has 4 nitrogen and oxygen atoms in total. The van der Waals surface area contributed by atoms with E-state index in [2.05, 4.69) is 10.2 Å². The van der Waals surface area contributed by atoms with Gasteiger partial charge in [0.25, 0.3) is 5.91 Å². The maximum absolute atomic E-state index is 12.0. The number of aromatic nitrogens is 2. The summed E-state index contributed by atoms with van der Waals surface area (Å²) in [5, 5.41) is 7.37. The number of likely N-dealkylation sites (tertiary alicyclic amines) is 1. The maximum Gasteiger partial charge on any atom is 0.255 e. The van der Waals surface area contributed by atoms with Crippen LogP contribution in [0.15, 0.2) is 18.5 Å². The van der Waals surface area contributed by atoms with E-state index in [1.807, 2.05) is 4.90 Å². The zero-order valence-corrected chi connectivity index (χ0v) is 9.73. The van der Waals surface area contributed by atoms with E-state index in [4.69, 9.17) is 11.6 Å². The number of halogens is 1. The molecule has 5 heteroatoms. The normalized spacial score (nSPS) is 20.1. The number of nitrogens with zero attached hydrogens (tertiary/aromatic N) is 3. The van der Waals surface area contributed by atoms with Gasteiger partial charge in [-0.25, -0.2) is 0 Å². The predicted octanol–water partition coefficient (Wildman–Crippen LogP) is 1.57. The van der Waals surface area contributed by atoms with Crippen molar-refractivity contribution in [3.63, 3.8) is 0 Å². The summed E-state index contributed by atoms with van der Waals surface area (Å²) in [6.45, 7) is 1.64. The summed E-state index contributed by atoms with van der Waals surface area (Å²) in [5.41, 5.74) is 0.613. The maximum atomic E-state index is 12.0. The predicted molar refractivity (Wildman–Crippen MR) is 61.4 cm³/mol. The Hall–Kier alpha value is -1.16. The minimum atomic E-state index is 0.0481. The number of hydrogen-bond acceptors (Lipinski definition) is 3. The lowest BCUT2D eigenvalue weighted by Crippen LogP contribution is -2.28. The molecule has 0 aromatic carbocycles. The quantitative estimate of drug-likeness (QED) is 0.753. The third-order valence-electron chi connectivity index (χ3n) is 2.92. The van der Waals surface area contributed by atoms with E-state index < -0.39 is 0 Å². The van der Waals surface area contributed by atoms with Gasteiger partial charge in [-0.15, -0.1) is 11.6 Å². The van der Waals surface area contributed by atoms with E-state index in [1.165, 1.54) is 6.20 Å². The van der Waals surface area contributed by atoms with Crippen LogP contribution in [0.3, 0.4) is 0 Å². The van der Waals surface area contributed by atoms with Crippen LogP contribution in [0.2, 0.25) is 0 Å². The van der Waals surface area contributed by atoms with Gasteiger partial charge < -0.3 is 4.90 Å². The van der Waals surface area contributed by atoms with Crippen LogP contribution in [0, 0.1) is 5.92 Å². The standard InChI is InChI=1S/C11H14ClN3O/c12-4-1-9-3-6-15(8-9)11(16)10-2-5-13-14-7-10/h2,5,7,9H,1,3-4,6,8H2. The minimum absolute atomic E-state index is 0.0481. The van der Waals surface area contributed by atoms with Crippen LogP contribution < -0.4 is 0 Å². The first-order valence-electron chi connectivity index (χ1n) is 5.43. The van der Waals surface area contributed by atoms with E-state index in [0.29, 0.717) is 17.4 Å². The second-order valence-electron chi connectivity index (χ2n) is 4.01. The highest BCUT2D eigenvalue weighted by Gasteiger charge is 2.26. The van der Waals surface area contributed by atoms with Crippen LogP contribution in [-0.2, 0) is 0 Å². The summed E-state index contributed by atoms with van der Waals surface area (Å²) in [6, 6.07) is 1.70. The first-order valence-corrected chi connectivity index (χ1v) is 5.96. The molecule has 0 saturated carbocycles. The first-order chi connectivity index (χ1) is 7.81. The number of carbonyl (C=O) groups is 1. The van der Waals surface area contributed by atoms with E-state index in [9.17, 15) is 4.79 Å². The molecule has 1 saturated heterocycles. The van der Waals surface area contributed by atoms with Gasteiger partial charge in [-0.2, -0.15) is 10.2 Å². The van der Waals surface area contributed by atoms with Gasteiger partial charge in [0.15, 0.2) is 0 Å². The molecule has 1 atom stereocenters. The fraction of sp³-hybridized carbons (Fsp3) is 0.545. The van der Waals surface area contributed by atoms with Crippen molar-refractivity contribution in [1.82, 2.24) is 15.1 Å². The molecule has 1 amide bonds. The molecule has 0 radical (unpaired) electrons. The zero-order valence-electron chi connectivity index (χ0n) is 8.97. The molecule has 0 N–H and O–H groups in total. The fourth-order valence-corrected chi connectivity index (χ4v) is 2.32. The summed E-state index contributed by atoms with van der Waals surface area (Å²) in [5.74, 6) is 1.27. The SMILES string of the molecule is O=C(c1ccnnc1)N1CCC(CCCl)C1. The number of hydrogen-bond donors (Lipinski definition) is 0. The number of alkyl halides is 1. The topological polar surface area (TPSA) is 46.1 Å². The van der Waals surface area contributed by atoms with E-state index in [1.54, 1.807) is 12.3 Å². The molecule has 0 aliphatic carbocycles. The summed E-state index contributed by atoms with van der Waals surface area (Å²) in [4.78, 5) is 13.9. The van der Waals surface area contributed by atoms with Crippen molar-refractivity contribution in [2.24, 2.45) is 5.92 Å². The van der Waals surface area contributed by atoms with Crippen LogP contribution >= 0.6 is 11.6 Å². The molecular formula is C11H14ClN3O. The highest BCUT2D eigenvalue weighted by molar-refractivity contribution is 6.17. The molecular weight excluding hydrogens is 226 g/mol.